The van der Waals surface area contributed by atoms with Gasteiger partial charge in [0.25, 0.3) is 0 Å². The zero-order valence-electron chi connectivity index (χ0n) is 10.8. The summed E-state index contributed by atoms with van der Waals surface area (Å²) in [5, 5.41) is 3.29. The number of hydrogen-bond donors (Lipinski definition) is 1. The highest BCUT2D eigenvalue weighted by molar-refractivity contribution is 5.67. The molecule has 1 aliphatic heterocycles. The fourth-order valence-corrected chi connectivity index (χ4v) is 2.13. The first-order valence-electron chi connectivity index (χ1n) is 6.41. The maximum Gasteiger partial charge on any atom is 0.410 e. The van der Waals surface area contributed by atoms with Gasteiger partial charge in [-0.2, -0.15) is 0 Å². The van der Waals surface area contributed by atoms with Gasteiger partial charge in [-0.3, -0.25) is 0 Å². The van der Waals surface area contributed by atoms with Crippen LogP contribution in [0.2, 0.25) is 0 Å². The second-order valence-corrected chi connectivity index (χ2v) is 4.65. The molecule has 4 nitrogen and oxygen atoms in total. The normalized spacial score (nSPS) is 19.3. The monoisotopic (exact) mass is 248 g/mol. The highest BCUT2D eigenvalue weighted by Gasteiger charge is 2.22. The fraction of sp³-hybridized carbons (Fsp3) is 0.500. The van der Waals surface area contributed by atoms with Crippen LogP contribution in [0.3, 0.4) is 0 Å². The van der Waals surface area contributed by atoms with Gasteiger partial charge in [-0.05, 0) is 24.9 Å². The minimum Gasteiger partial charge on any atom is -0.445 e. The molecule has 1 aliphatic rings. The molecule has 1 aromatic carbocycles. The summed E-state index contributed by atoms with van der Waals surface area (Å²) in [4.78, 5) is 13.6. The third-order valence-electron chi connectivity index (χ3n) is 3.31. The van der Waals surface area contributed by atoms with E-state index in [1.807, 2.05) is 37.4 Å². The Morgan fingerprint density at radius 3 is 2.89 bits per heavy atom. The predicted octanol–water partition coefficient (Wildman–Crippen LogP) is 2.01. The second-order valence-electron chi connectivity index (χ2n) is 4.65. The van der Waals surface area contributed by atoms with Crippen LogP contribution in [0.15, 0.2) is 30.3 Å². The van der Waals surface area contributed by atoms with E-state index in [4.69, 9.17) is 4.74 Å². The molecule has 1 amide bonds. The average molecular weight is 248 g/mol. The zero-order valence-corrected chi connectivity index (χ0v) is 10.8. The van der Waals surface area contributed by atoms with Crippen molar-refractivity contribution in [2.45, 2.75) is 25.5 Å². The number of ether oxygens (including phenoxy) is 1. The van der Waals surface area contributed by atoms with Crippen LogP contribution in [0, 0.1) is 0 Å². The number of carbonyl (C=O) groups is 1. The van der Waals surface area contributed by atoms with Crippen molar-refractivity contribution in [3.05, 3.63) is 35.9 Å². The highest BCUT2D eigenvalue weighted by Crippen LogP contribution is 2.10. The van der Waals surface area contributed by atoms with Gasteiger partial charge in [0.2, 0.25) is 0 Å². The van der Waals surface area contributed by atoms with E-state index >= 15 is 0 Å². The lowest BCUT2D eigenvalue weighted by Gasteiger charge is -2.30. The SMILES string of the molecule is CN(C(=O)OCc1ccccc1)[C@H]1CCCNC1. The van der Waals surface area contributed by atoms with E-state index < -0.39 is 0 Å². The van der Waals surface area contributed by atoms with Gasteiger partial charge < -0.3 is 15.0 Å². The Bertz CT molecular complexity index is 375. The first kappa shape index (κ1) is 12.9. The maximum atomic E-state index is 11.9. The van der Waals surface area contributed by atoms with E-state index in [0.717, 1.165) is 31.5 Å². The van der Waals surface area contributed by atoms with Gasteiger partial charge >= 0.3 is 6.09 Å². The second kappa shape index (κ2) is 6.40. The molecule has 0 unspecified atom stereocenters. The fourth-order valence-electron chi connectivity index (χ4n) is 2.13. The van der Waals surface area contributed by atoms with Crippen molar-refractivity contribution in [2.24, 2.45) is 0 Å². The van der Waals surface area contributed by atoms with Gasteiger partial charge in [0.1, 0.15) is 6.61 Å². The molecule has 0 saturated carbocycles. The number of nitrogens with one attached hydrogen (secondary N) is 1. The number of piperidine rings is 1. The van der Waals surface area contributed by atoms with Crippen LogP contribution >= 0.6 is 0 Å². The molecule has 1 N–H and O–H groups in total. The van der Waals surface area contributed by atoms with Gasteiger partial charge in [-0.15, -0.1) is 0 Å². The van der Waals surface area contributed by atoms with Gasteiger partial charge in [-0.25, -0.2) is 4.79 Å². The summed E-state index contributed by atoms with van der Waals surface area (Å²) in [5.74, 6) is 0. The molecule has 0 spiro atoms. The van der Waals surface area contributed by atoms with Crippen LogP contribution in [-0.2, 0) is 11.3 Å². The standard InChI is InChI=1S/C14H20N2O2/c1-16(13-8-5-9-15-10-13)14(17)18-11-12-6-3-2-4-7-12/h2-4,6-7,13,15H,5,8-11H2,1H3/t13-/m0/s1. The number of rotatable bonds is 3. The minimum atomic E-state index is -0.243. The molecule has 0 bridgehead atoms. The molecule has 1 atom stereocenters. The van der Waals surface area contributed by atoms with Crippen molar-refractivity contribution < 1.29 is 9.53 Å². The van der Waals surface area contributed by atoms with Crippen molar-refractivity contribution in [1.29, 1.82) is 0 Å². The van der Waals surface area contributed by atoms with Crippen LogP contribution in [0.4, 0.5) is 4.79 Å². The number of carbonyl (C=O) groups excluding carboxylic acids is 1. The molecule has 1 saturated heterocycles. The quantitative estimate of drug-likeness (QED) is 0.889. The van der Waals surface area contributed by atoms with Crippen LogP contribution in [0.1, 0.15) is 18.4 Å². The molecular formula is C14H20N2O2. The zero-order chi connectivity index (χ0) is 12.8. The number of nitrogens with zero attached hydrogens (tertiary/aromatic N) is 1. The van der Waals surface area contributed by atoms with E-state index in [1.165, 1.54) is 0 Å². The Morgan fingerprint density at radius 1 is 1.44 bits per heavy atom. The molecule has 0 radical (unpaired) electrons. The lowest BCUT2D eigenvalue weighted by molar-refractivity contribution is 0.0860. The van der Waals surface area contributed by atoms with Gasteiger partial charge in [-0.1, -0.05) is 30.3 Å². The maximum absolute atomic E-state index is 11.9. The number of benzene rings is 1. The first-order valence-corrected chi connectivity index (χ1v) is 6.41. The Morgan fingerprint density at radius 2 is 2.22 bits per heavy atom. The number of amides is 1. The summed E-state index contributed by atoms with van der Waals surface area (Å²) in [6.45, 7) is 2.24. The van der Waals surface area contributed by atoms with Crippen molar-refractivity contribution in [2.75, 3.05) is 20.1 Å². The third-order valence-corrected chi connectivity index (χ3v) is 3.31. The summed E-state index contributed by atoms with van der Waals surface area (Å²) in [7, 11) is 1.81. The van der Waals surface area contributed by atoms with Crippen molar-refractivity contribution in [3.63, 3.8) is 0 Å². The molecule has 2 rings (SSSR count). The summed E-state index contributed by atoms with van der Waals surface area (Å²) in [6, 6.07) is 9.99. The molecule has 18 heavy (non-hydrogen) atoms. The van der Waals surface area contributed by atoms with Gasteiger partial charge in [0.15, 0.2) is 0 Å². The lowest BCUT2D eigenvalue weighted by atomic mass is 10.1. The molecule has 1 fully saturated rings. The average Bonchev–Trinajstić information content (AvgIpc) is 2.46. The van der Waals surface area contributed by atoms with Gasteiger partial charge in [0, 0.05) is 19.6 Å². The summed E-state index contributed by atoms with van der Waals surface area (Å²) in [6.07, 6.45) is 1.91. The number of likely N-dealkylation sites (N-methyl/N-ethyl adjacent to an activating group) is 1. The molecule has 1 aromatic rings. The Hall–Kier alpha value is -1.55. The summed E-state index contributed by atoms with van der Waals surface area (Å²) >= 11 is 0. The molecule has 98 valence electrons. The van der Waals surface area contributed by atoms with Crippen molar-refractivity contribution >= 4 is 6.09 Å². The highest BCUT2D eigenvalue weighted by atomic mass is 16.6. The van der Waals surface area contributed by atoms with Crippen LogP contribution in [-0.4, -0.2) is 37.2 Å². The van der Waals surface area contributed by atoms with E-state index in [0.29, 0.717) is 6.61 Å². The summed E-state index contributed by atoms with van der Waals surface area (Å²) in [5.41, 5.74) is 1.01. The largest absolute Gasteiger partial charge is 0.445 e. The van der Waals surface area contributed by atoms with E-state index in [-0.39, 0.29) is 12.1 Å². The van der Waals surface area contributed by atoms with E-state index in [1.54, 1.807) is 4.90 Å². The number of hydrogen-bond acceptors (Lipinski definition) is 3. The van der Waals surface area contributed by atoms with Crippen LogP contribution < -0.4 is 5.32 Å². The smallest absolute Gasteiger partial charge is 0.410 e. The molecule has 1 heterocycles. The van der Waals surface area contributed by atoms with Crippen LogP contribution in [0.25, 0.3) is 0 Å². The molecule has 0 aliphatic carbocycles. The predicted molar refractivity (Wildman–Crippen MR) is 70.3 cm³/mol. The minimum absolute atomic E-state index is 0.243. The van der Waals surface area contributed by atoms with E-state index in [9.17, 15) is 4.79 Å². The molecule has 0 aromatic heterocycles. The topological polar surface area (TPSA) is 41.6 Å². The molecule has 4 heteroatoms. The lowest BCUT2D eigenvalue weighted by Crippen LogP contribution is -2.46. The Balaban J connectivity index is 1.80. The van der Waals surface area contributed by atoms with Gasteiger partial charge in [0.05, 0.1) is 0 Å². The third kappa shape index (κ3) is 3.47. The summed E-state index contributed by atoms with van der Waals surface area (Å²) < 4.78 is 5.30. The Labute approximate surface area is 108 Å². The van der Waals surface area contributed by atoms with E-state index in [2.05, 4.69) is 5.32 Å². The molecular weight excluding hydrogens is 228 g/mol. The first-order chi connectivity index (χ1) is 8.77. The van der Waals surface area contributed by atoms with Crippen molar-refractivity contribution in [3.8, 4) is 0 Å². The van der Waals surface area contributed by atoms with Crippen molar-refractivity contribution in [1.82, 2.24) is 10.2 Å². The van der Waals surface area contributed by atoms with Crippen LogP contribution in [0.5, 0.6) is 0 Å². The Kier molecular flexibility index (Phi) is 4.59.